The van der Waals surface area contributed by atoms with Crippen molar-refractivity contribution in [1.29, 1.82) is 0 Å². The van der Waals surface area contributed by atoms with E-state index in [9.17, 15) is 14.7 Å². The third-order valence-corrected chi connectivity index (χ3v) is 8.93. The number of thiazole rings is 1. The second-order valence-electron chi connectivity index (χ2n) is 11.2. The Kier molecular flexibility index (Phi) is 6.29. The molecule has 1 saturated heterocycles. The van der Waals surface area contributed by atoms with Crippen LogP contribution in [0.15, 0.2) is 36.4 Å². The van der Waals surface area contributed by atoms with E-state index in [1.165, 1.54) is 0 Å². The third kappa shape index (κ3) is 4.60. The van der Waals surface area contributed by atoms with Crippen molar-refractivity contribution in [2.45, 2.75) is 38.1 Å². The van der Waals surface area contributed by atoms with Crippen molar-refractivity contribution < 1.29 is 23.9 Å². The summed E-state index contributed by atoms with van der Waals surface area (Å²) in [7, 11) is 8.37. The Labute approximate surface area is 215 Å². The van der Waals surface area contributed by atoms with Crippen LogP contribution in [0.1, 0.15) is 29.0 Å². The molecule has 2 aliphatic rings. The van der Waals surface area contributed by atoms with Crippen molar-refractivity contribution in [3.05, 3.63) is 52.5 Å². The van der Waals surface area contributed by atoms with Gasteiger partial charge in [-0.05, 0) is 30.0 Å². The largest absolute Gasteiger partial charge is 0.495 e. The van der Waals surface area contributed by atoms with Crippen LogP contribution in [0.25, 0.3) is 10.2 Å². The van der Waals surface area contributed by atoms with Crippen molar-refractivity contribution in [3.8, 4) is 5.75 Å². The number of aromatic nitrogens is 1. The van der Waals surface area contributed by atoms with Gasteiger partial charge in [0, 0.05) is 24.3 Å². The van der Waals surface area contributed by atoms with Gasteiger partial charge in [-0.3, -0.25) is 9.59 Å². The van der Waals surface area contributed by atoms with Gasteiger partial charge in [-0.25, -0.2) is 4.98 Å². The fraction of sp³-hybridized carbons (Fsp3) is 0.464. The fourth-order valence-electron chi connectivity index (χ4n) is 5.54. The van der Waals surface area contributed by atoms with Crippen LogP contribution in [-0.2, 0) is 28.9 Å². The summed E-state index contributed by atoms with van der Waals surface area (Å²) in [5.74, 6) is -0.0578. The highest BCUT2D eigenvalue weighted by Crippen LogP contribution is 2.42. The number of ketones is 1. The van der Waals surface area contributed by atoms with E-state index in [0.717, 1.165) is 55.4 Å². The van der Waals surface area contributed by atoms with Crippen molar-refractivity contribution in [2.75, 3.05) is 46.2 Å². The molecular weight excluding hydrogens is 474 g/mol. The highest BCUT2D eigenvalue weighted by molar-refractivity contribution is 7.18. The summed E-state index contributed by atoms with van der Waals surface area (Å²) in [6, 6.07) is 12.6. The van der Waals surface area contributed by atoms with Gasteiger partial charge in [0.25, 0.3) is 0 Å². The minimum absolute atomic E-state index is 0.0190. The summed E-state index contributed by atoms with van der Waals surface area (Å²) < 4.78 is 7.68. The van der Waals surface area contributed by atoms with Crippen LogP contribution in [0.5, 0.6) is 5.75 Å². The fourth-order valence-corrected chi connectivity index (χ4v) is 6.52. The first kappa shape index (κ1) is 24.7. The Morgan fingerprint density at radius 2 is 1.83 bits per heavy atom. The first-order chi connectivity index (χ1) is 17.1. The number of methoxy groups -OCH3 is 1. The normalized spacial score (nSPS) is 17.2. The molecule has 1 aromatic heterocycles. The number of hydrogen-bond acceptors (Lipinski definition) is 6. The Balaban J connectivity index is 1.32. The molecule has 0 amide bonds. The number of hydrogen-bond donors (Lipinski definition) is 1. The number of fused-ring (bicyclic) bond motifs is 2. The lowest BCUT2D eigenvalue weighted by atomic mass is 9.76. The number of carbonyl (C=O) groups is 2. The van der Waals surface area contributed by atoms with E-state index in [4.69, 9.17) is 9.72 Å². The van der Waals surface area contributed by atoms with Crippen LogP contribution in [0.4, 0.5) is 5.69 Å². The topological polar surface area (TPSA) is 79.7 Å². The van der Waals surface area contributed by atoms with Gasteiger partial charge < -0.3 is 19.2 Å². The van der Waals surface area contributed by atoms with Crippen molar-refractivity contribution in [1.82, 2.24) is 4.98 Å². The second-order valence-corrected chi connectivity index (χ2v) is 12.3. The molecule has 0 atom stereocenters. The van der Waals surface area contributed by atoms with E-state index in [2.05, 4.69) is 32.1 Å². The maximum absolute atomic E-state index is 13.4. The lowest BCUT2D eigenvalue weighted by Gasteiger charge is -2.47. The molecule has 1 aliphatic carbocycles. The summed E-state index contributed by atoms with van der Waals surface area (Å²) in [6.45, 7) is 1.95. The van der Waals surface area contributed by atoms with Crippen LogP contribution >= 0.6 is 11.3 Å². The molecule has 0 bridgehead atoms. The monoisotopic (exact) mass is 508 g/mol. The number of rotatable bonds is 9. The number of carbonyl (C=O) groups excluding carboxylic acids is 1. The van der Waals surface area contributed by atoms with Crippen LogP contribution < -0.4 is 9.64 Å². The second kappa shape index (κ2) is 9.16. The van der Waals surface area contributed by atoms with Gasteiger partial charge in [0.15, 0.2) is 0 Å². The first-order valence-electron chi connectivity index (χ1n) is 12.4. The Morgan fingerprint density at radius 3 is 2.42 bits per heavy atom. The van der Waals surface area contributed by atoms with E-state index in [1.807, 2.05) is 30.3 Å². The number of likely N-dealkylation sites (N-methyl/N-ethyl adjacent to an activating group) is 1. The molecule has 0 unspecified atom stereocenters. The summed E-state index contributed by atoms with van der Waals surface area (Å²) in [4.78, 5) is 32.3. The molecule has 3 aromatic rings. The van der Waals surface area contributed by atoms with E-state index >= 15 is 0 Å². The molecule has 0 spiro atoms. The first-order valence-corrected chi connectivity index (χ1v) is 13.2. The Morgan fingerprint density at radius 1 is 1.17 bits per heavy atom. The molecule has 5 rings (SSSR count). The SMILES string of the molecule is COc1cc2sc(CCC(=O)C3(CC(=O)O)Cc4ccccc4C3)nc2cc1N1CC([N+](C)(C)C)C1. The molecule has 36 heavy (non-hydrogen) atoms. The van der Waals surface area contributed by atoms with Gasteiger partial charge in [0.05, 0.1) is 68.7 Å². The minimum atomic E-state index is -0.922. The van der Waals surface area contributed by atoms with Crippen LogP contribution in [0.3, 0.4) is 0 Å². The van der Waals surface area contributed by atoms with E-state index < -0.39 is 11.4 Å². The molecule has 0 saturated carbocycles. The minimum Gasteiger partial charge on any atom is -0.495 e. The number of nitrogens with zero attached hydrogens (tertiary/aromatic N) is 3. The summed E-state index contributed by atoms with van der Waals surface area (Å²) >= 11 is 1.58. The molecule has 8 heteroatoms. The summed E-state index contributed by atoms with van der Waals surface area (Å²) in [5.41, 5.74) is 3.30. The maximum atomic E-state index is 13.4. The predicted octanol–water partition coefficient (Wildman–Crippen LogP) is 3.96. The highest BCUT2D eigenvalue weighted by Gasteiger charge is 2.44. The quantitative estimate of drug-likeness (QED) is 0.441. The standard InChI is InChI=1S/C28H33N3O4S/c1-31(2,3)20-16-30(17-20)22-11-21-24(12-23(22)35-4)36-26(29-21)10-9-25(32)28(15-27(33)34)13-18-7-5-6-8-19(18)14-28/h5-8,11-12,20H,9-10,13-17H2,1-4H3/p+1. The number of quaternary nitrogens is 1. The molecule has 1 fully saturated rings. The molecule has 1 aliphatic heterocycles. The lowest BCUT2D eigenvalue weighted by molar-refractivity contribution is -0.896. The average molecular weight is 509 g/mol. The number of benzene rings is 2. The number of aliphatic carboxylic acids is 1. The number of carboxylic acids is 1. The van der Waals surface area contributed by atoms with E-state index in [1.54, 1.807) is 18.4 Å². The van der Waals surface area contributed by atoms with Gasteiger partial charge >= 0.3 is 5.97 Å². The summed E-state index contributed by atoms with van der Waals surface area (Å²) in [5, 5.41) is 10.5. The summed E-state index contributed by atoms with van der Waals surface area (Å²) in [6.07, 6.45) is 1.67. The van der Waals surface area contributed by atoms with Crippen LogP contribution in [0.2, 0.25) is 0 Å². The molecule has 190 valence electrons. The highest BCUT2D eigenvalue weighted by atomic mass is 32.1. The Hall–Kier alpha value is -2.97. The third-order valence-electron chi connectivity index (χ3n) is 7.85. The smallest absolute Gasteiger partial charge is 0.304 e. The van der Waals surface area contributed by atoms with Gasteiger partial charge in [-0.1, -0.05) is 24.3 Å². The number of Topliss-reactive ketones (excluding diaryl/α,β-unsaturated/α-hetero) is 1. The van der Waals surface area contributed by atoms with Crippen LogP contribution in [0, 0.1) is 5.41 Å². The number of aryl methyl sites for hydroxylation is 1. The number of anilines is 1. The zero-order valence-electron chi connectivity index (χ0n) is 21.4. The van der Waals surface area contributed by atoms with Gasteiger partial charge in [-0.2, -0.15) is 0 Å². The Bertz CT molecular complexity index is 1300. The van der Waals surface area contributed by atoms with E-state index in [-0.39, 0.29) is 12.2 Å². The van der Waals surface area contributed by atoms with Gasteiger partial charge in [0.2, 0.25) is 0 Å². The van der Waals surface area contributed by atoms with E-state index in [0.29, 0.717) is 31.7 Å². The number of carboxylic acid groups (broad SMARTS) is 1. The van der Waals surface area contributed by atoms with Crippen molar-refractivity contribution >= 4 is 39.0 Å². The zero-order chi connectivity index (χ0) is 25.7. The van der Waals surface area contributed by atoms with Crippen molar-refractivity contribution in [3.63, 3.8) is 0 Å². The van der Waals surface area contributed by atoms with Crippen molar-refractivity contribution in [2.24, 2.45) is 5.41 Å². The molecule has 7 nitrogen and oxygen atoms in total. The molecule has 2 aromatic carbocycles. The molecular formula is C28H34N3O4S+. The molecule has 2 heterocycles. The maximum Gasteiger partial charge on any atom is 0.304 e. The van der Waals surface area contributed by atoms with Gasteiger partial charge in [-0.15, -0.1) is 11.3 Å². The van der Waals surface area contributed by atoms with Crippen LogP contribution in [-0.4, -0.2) is 73.7 Å². The molecule has 1 N–H and O–H groups in total. The predicted molar refractivity (Wildman–Crippen MR) is 142 cm³/mol. The van der Waals surface area contributed by atoms with Gasteiger partial charge in [0.1, 0.15) is 17.6 Å². The lowest BCUT2D eigenvalue weighted by Crippen LogP contribution is -2.64. The zero-order valence-corrected chi connectivity index (χ0v) is 22.2. The molecule has 0 radical (unpaired) electrons. The average Bonchev–Trinajstić information content (AvgIpc) is 3.35. The number of ether oxygens (including phenoxy) is 1.